The molecule has 0 fully saturated rings. The van der Waals surface area contributed by atoms with Gasteiger partial charge in [0.25, 0.3) is 6.43 Å². The van der Waals surface area contributed by atoms with Gasteiger partial charge in [0.1, 0.15) is 6.61 Å². The average molecular weight is 253 g/mol. The van der Waals surface area contributed by atoms with E-state index >= 15 is 0 Å². The monoisotopic (exact) mass is 253 g/mol. The van der Waals surface area contributed by atoms with Gasteiger partial charge in [0.15, 0.2) is 0 Å². The van der Waals surface area contributed by atoms with Crippen LogP contribution < -0.4 is 5.32 Å². The van der Waals surface area contributed by atoms with Crippen LogP contribution in [0.5, 0.6) is 0 Å². The Labute approximate surface area is 98.5 Å². The molecule has 100 valence electrons. The summed E-state index contributed by atoms with van der Waals surface area (Å²) < 4.78 is 32.5. The zero-order chi connectivity index (χ0) is 13.1. The van der Waals surface area contributed by atoms with Crippen LogP contribution in [0.1, 0.15) is 19.8 Å². The fraction of sp³-hybridized carbons (Fsp3) is 0.800. The van der Waals surface area contributed by atoms with Crippen molar-refractivity contribution >= 4 is 11.9 Å². The minimum atomic E-state index is -2.53. The van der Waals surface area contributed by atoms with Gasteiger partial charge in [-0.3, -0.25) is 9.59 Å². The second-order valence-corrected chi connectivity index (χ2v) is 3.12. The minimum absolute atomic E-state index is 0.00442. The van der Waals surface area contributed by atoms with Crippen molar-refractivity contribution < 1.29 is 27.8 Å². The van der Waals surface area contributed by atoms with Crippen LogP contribution in [-0.4, -0.2) is 44.7 Å². The molecule has 5 nitrogen and oxygen atoms in total. The molecule has 1 amide bonds. The molecule has 0 aromatic carbocycles. The molecule has 0 aliphatic rings. The van der Waals surface area contributed by atoms with Gasteiger partial charge in [0.05, 0.1) is 19.6 Å². The first-order valence-corrected chi connectivity index (χ1v) is 5.34. The Morgan fingerprint density at radius 3 is 2.59 bits per heavy atom. The number of hydrogen-bond acceptors (Lipinski definition) is 4. The highest BCUT2D eigenvalue weighted by molar-refractivity contribution is 5.77. The molecule has 17 heavy (non-hydrogen) atoms. The fourth-order valence-corrected chi connectivity index (χ4v) is 0.963. The predicted octanol–water partition coefficient (Wildman–Crippen LogP) is 0.728. The van der Waals surface area contributed by atoms with Gasteiger partial charge in [-0.1, -0.05) is 0 Å². The molecule has 0 rings (SSSR count). The highest BCUT2D eigenvalue weighted by Crippen LogP contribution is 1.93. The second-order valence-electron chi connectivity index (χ2n) is 3.12. The predicted molar refractivity (Wildman–Crippen MR) is 55.7 cm³/mol. The van der Waals surface area contributed by atoms with Crippen molar-refractivity contribution in [1.82, 2.24) is 5.32 Å². The first-order chi connectivity index (χ1) is 8.06. The second kappa shape index (κ2) is 9.95. The molecule has 0 saturated carbocycles. The standard InChI is InChI=1S/C10H17F2NO4/c1-2-17-10(15)3-5-13-9(14)4-6-16-7-8(11)12/h8H,2-7H2,1H3,(H,13,14). The Morgan fingerprint density at radius 2 is 2.00 bits per heavy atom. The van der Waals surface area contributed by atoms with E-state index in [1.807, 2.05) is 0 Å². The Balaban J connectivity index is 3.37. The maximum Gasteiger partial charge on any atom is 0.307 e. The summed E-state index contributed by atoms with van der Waals surface area (Å²) in [5.74, 6) is -0.731. The number of amides is 1. The summed E-state index contributed by atoms with van der Waals surface area (Å²) in [5.41, 5.74) is 0. The summed E-state index contributed by atoms with van der Waals surface area (Å²) >= 11 is 0. The van der Waals surface area contributed by atoms with Gasteiger partial charge < -0.3 is 14.8 Å². The average Bonchev–Trinajstić information content (AvgIpc) is 2.24. The third-order valence-corrected chi connectivity index (χ3v) is 1.67. The van der Waals surface area contributed by atoms with Crippen LogP contribution in [0.25, 0.3) is 0 Å². The number of halogens is 2. The van der Waals surface area contributed by atoms with Crippen molar-refractivity contribution in [2.24, 2.45) is 0 Å². The van der Waals surface area contributed by atoms with Crippen LogP contribution in [0.4, 0.5) is 8.78 Å². The highest BCUT2D eigenvalue weighted by Gasteiger charge is 2.06. The largest absolute Gasteiger partial charge is 0.466 e. The minimum Gasteiger partial charge on any atom is -0.466 e. The highest BCUT2D eigenvalue weighted by atomic mass is 19.3. The van der Waals surface area contributed by atoms with Crippen molar-refractivity contribution in [3.8, 4) is 0 Å². The fourth-order valence-electron chi connectivity index (χ4n) is 0.963. The van der Waals surface area contributed by atoms with Crippen LogP contribution in [0.2, 0.25) is 0 Å². The normalized spacial score (nSPS) is 10.4. The van der Waals surface area contributed by atoms with Gasteiger partial charge in [-0.15, -0.1) is 0 Å². The van der Waals surface area contributed by atoms with Crippen LogP contribution in [0.3, 0.4) is 0 Å². The summed E-state index contributed by atoms with van der Waals surface area (Å²) in [6.45, 7) is 1.43. The quantitative estimate of drug-likeness (QED) is 0.486. The molecular weight excluding hydrogens is 236 g/mol. The third kappa shape index (κ3) is 11.0. The van der Waals surface area contributed by atoms with Crippen molar-refractivity contribution in [2.45, 2.75) is 26.2 Å². The van der Waals surface area contributed by atoms with Gasteiger partial charge in [0, 0.05) is 13.0 Å². The van der Waals surface area contributed by atoms with E-state index in [9.17, 15) is 18.4 Å². The Bertz CT molecular complexity index is 236. The van der Waals surface area contributed by atoms with Crippen molar-refractivity contribution in [3.05, 3.63) is 0 Å². The molecular formula is C10H17F2NO4. The summed E-state index contributed by atoms with van der Waals surface area (Å²) in [4.78, 5) is 22.0. The van der Waals surface area contributed by atoms with E-state index in [1.165, 1.54) is 0 Å². The molecule has 0 atom stereocenters. The Hall–Kier alpha value is -1.24. The Morgan fingerprint density at radius 1 is 1.29 bits per heavy atom. The molecule has 0 aromatic heterocycles. The van der Waals surface area contributed by atoms with Crippen molar-refractivity contribution in [2.75, 3.05) is 26.4 Å². The smallest absolute Gasteiger partial charge is 0.307 e. The van der Waals surface area contributed by atoms with Gasteiger partial charge in [-0.25, -0.2) is 8.78 Å². The zero-order valence-electron chi connectivity index (χ0n) is 9.71. The molecule has 0 bridgehead atoms. The van der Waals surface area contributed by atoms with Crippen LogP contribution in [0, 0.1) is 0 Å². The molecule has 0 aromatic rings. The molecule has 0 spiro atoms. The maximum atomic E-state index is 11.6. The van der Waals surface area contributed by atoms with Crippen LogP contribution >= 0.6 is 0 Å². The molecule has 0 unspecified atom stereocenters. The number of hydrogen-bond donors (Lipinski definition) is 1. The van der Waals surface area contributed by atoms with Gasteiger partial charge in [0.2, 0.25) is 5.91 Å². The van der Waals surface area contributed by atoms with E-state index in [1.54, 1.807) is 6.92 Å². The lowest BCUT2D eigenvalue weighted by Gasteiger charge is -2.05. The number of carbonyl (C=O) groups is 2. The van der Waals surface area contributed by atoms with Crippen molar-refractivity contribution in [1.29, 1.82) is 0 Å². The van der Waals surface area contributed by atoms with E-state index in [0.717, 1.165) is 0 Å². The number of carbonyl (C=O) groups excluding carboxylic acids is 2. The molecule has 7 heteroatoms. The number of alkyl halides is 2. The van der Waals surface area contributed by atoms with Crippen LogP contribution in [-0.2, 0) is 19.1 Å². The summed E-state index contributed by atoms with van der Waals surface area (Å²) in [6, 6.07) is 0. The first-order valence-electron chi connectivity index (χ1n) is 5.34. The lowest BCUT2D eigenvalue weighted by molar-refractivity contribution is -0.143. The number of ether oxygens (including phenoxy) is 2. The summed E-state index contributed by atoms with van der Waals surface area (Å²) in [7, 11) is 0. The van der Waals surface area contributed by atoms with E-state index in [2.05, 4.69) is 14.8 Å². The van der Waals surface area contributed by atoms with Crippen LogP contribution in [0.15, 0.2) is 0 Å². The molecule has 0 saturated heterocycles. The van der Waals surface area contributed by atoms with Crippen molar-refractivity contribution in [3.63, 3.8) is 0 Å². The molecule has 1 N–H and O–H groups in total. The number of esters is 1. The van der Waals surface area contributed by atoms with Gasteiger partial charge in [-0.2, -0.15) is 0 Å². The maximum absolute atomic E-state index is 11.6. The van der Waals surface area contributed by atoms with Gasteiger partial charge in [-0.05, 0) is 6.92 Å². The SMILES string of the molecule is CCOC(=O)CCNC(=O)CCOCC(F)F. The summed E-state index contributed by atoms with van der Waals surface area (Å²) in [5, 5.41) is 2.45. The van der Waals surface area contributed by atoms with E-state index in [4.69, 9.17) is 0 Å². The topological polar surface area (TPSA) is 64.6 Å². The Kier molecular flexibility index (Phi) is 9.22. The zero-order valence-corrected chi connectivity index (χ0v) is 9.71. The molecule has 0 aliphatic carbocycles. The molecule has 0 heterocycles. The third-order valence-electron chi connectivity index (χ3n) is 1.67. The van der Waals surface area contributed by atoms with E-state index in [0.29, 0.717) is 6.61 Å². The lowest BCUT2D eigenvalue weighted by Crippen LogP contribution is -2.27. The molecule has 0 aliphatic heterocycles. The van der Waals surface area contributed by atoms with Gasteiger partial charge >= 0.3 is 5.97 Å². The number of rotatable bonds is 9. The lowest BCUT2D eigenvalue weighted by atomic mass is 10.4. The van der Waals surface area contributed by atoms with E-state index < -0.39 is 13.0 Å². The molecule has 0 radical (unpaired) electrons. The first kappa shape index (κ1) is 15.8. The summed E-state index contributed by atoms with van der Waals surface area (Å²) in [6.07, 6.45) is -2.44. The number of nitrogens with one attached hydrogen (secondary N) is 1. The van der Waals surface area contributed by atoms with E-state index in [-0.39, 0.29) is 37.9 Å².